The molecule has 1 aromatic rings. The van der Waals surface area contributed by atoms with Gasteiger partial charge in [-0.3, -0.25) is 4.99 Å². The third kappa shape index (κ3) is 6.75. The maximum absolute atomic E-state index is 5.31. The number of hydrogen-bond donors (Lipinski definition) is 1. The summed E-state index contributed by atoms with van der Waals surface area (Å²) in [6, 6.07) is 10.9. The van der Waals surface area contributed by atoms with Gasteiger partial charge in [-0.25, -0.2) is 0 Å². The number of ether oxygens (including phenoxy) is 1. The Balaban J connectivity index is 0.00000312. The molecule has 1 N–H and O–H groups in total. The number of nitrogens with zero attached hydrogens (tertiary/aromatic N) is 3. The Hall–Kier alpha value is -0.860. The van der Waals surface area contributed by atoms with E-state index in [0.29, 0.717) is 5.92 Å². The molecule has 1 saturated heterocycles. The summed E-state index contributed by atoms with van der Waals surface area (Å²) in [5.41, 5.74) is 1.31. The summed E-state index contributed by atoms with van der Waals surface area (Å²) in [4.78, 5) is 9.54. The standard InChI is InChI=1S/C19H32N4O.HI/c1-5-20-19(23-12-11-16(14-23)15-24-4)21-13-18(22(2)3)17-9-7-6-8-10-17;/h6-10,16,18H,5,11-15H2,1-4H3,(H,20,21);1H. The van der Waals surface area contributed by atoms with E-state index >= 15 is 0 Å². The summed E-state index contributed by atoms with van der Waals surface area (Å²) in [5.74, 6) is 1.64. The third-order valence-electron chi connectivity index (χ3n) is 4.54. The molecule has 0 amide bonds. The van der Waals surface area contributed by atoms with Crippen LogP contribution in [0.25, 0.3) is 0 Å². The number of aliphatic imine (C=N–C) groups is 1. The second-order valence-corrected chi connectivity index (χ2v) is 6.64. The zero-order valence-corrected chi connectivity index (χ0v) is 18.3. The van der Waals surface area contributed by atoms with Gasteiger partial charge < -0.3 is 19.9 Å². The predicted octanol–water partition coefficient (Wildman–Crippen LogP) is 2.84. The van der Waals surface area contributed by atoms with Crippen LogP contribution in [0.3, 0.4) is 0 Å². The van der Waals surface area contributed by atoms with E-state index in [1.165, 1.54) is 12.0 Å². The lowest BCUT2D eigenvalue weighted by atomic mass is 10.1. The van der Waals surface area contributed by atoms with Gasteiger partial charge in [0.25, 0.3) is 0 Å². The molecule has 2 atom stereocenters. The molecular weight excluding hydrogens is 427 g/mol. The third-order valence-corrected chi connectivity index (χ3v) is 4.54. The van der Waals surface area contributed by atoms with Gasteiger partial charge in [0.1, 0.15) is 0 Å². The summed E-state index contributed by atoms with van der Waals surface area (Å²) in [6.45, 7) is 6.68. The number of likely N-dealkylation sites (tertiary alicyclic amines) is 1. The van der Waals surface area contributed by atoms with Gasteiger partial charge in [0.15, 0.2) is 5.96 Å². The van der Waals surface area contributed by atoms with E-state index in [9.17, 15) is 0 Å². The zero-order chi connectivity index (χ0) is 17.4. The number of halogens is 1. The smallest absolute Gasteiger partial charge is 0.193 e. The summed E-state index contributed by atoms with van der Waals surface area (Å²) in [6.07, 6.45) is 1.17. The Morgan fingerprint density at radius 3 is 2.68 bits per heavy atom. The van der Waals surface area contributed by atoms with Crippen LogP contribution in [0, 0.1) is 5.92 Å². The second-order valence-electron chi connectivity index (χ2n) is 6.64. The van der Waals surface area contributed by atoms with E-state index in [4.69, 9.17) is 9.73 Å². The fourth-order valence-electron chi connectivity index (χ4n) is 3.24. The minimum atomic E-state index is 0. The topological polar surface area (TPSA) is 40.1 Å². The van der Waals surface area contributed by atoms with Crippen molar-refractivity contribution in [3.63, 3.8) is 0 Å². The monoisotopic (exact) mass is 460 g/mol. The van der Waals surface area contributed by atoms with Gasteiger partial charge in [0.05, 0.1) is 19.2 Å². The molecule has 25 heavy (non-hydrogen) atoms. The number of guanidine groups is 1. The Bertz CT molecular complexity index is 509. The van der Waals surface area contributed by atoms with Crippen LogP contribution < -0.4 is 5.32 Å². The minimum absolute atomic E-state index is 0. The van der Waals surface area contributed by atoms with Crippen LogP contribution in [0.15, 0.2) is 35.3 Å². The van der Waals surface area contributed by atoms with Crippen molar-refractivity contribution < 1.29 is 4.74 Å². The summed E-state index contributed by atoms with van der Waals surface area (Å²) in [5, 5.41) is 3.45. The molecule has 1 heterocycles. The largest absolute Gasteiger partial charge is 0.384 e. The van der Waals surface area contributed by atoms with Crippen molar-refractivity contribution in [3.05, 3.63) is 35.9 Å². The number of rotatable bonds is 7. The van der Waals surface area contributed by atoms with Crippen LogP contribution in [0.4, 0.5) is 0 Å². The molecule has 2 rings (SSSR count). The molecule has 1 fully saturated rings. The lowest BCUT2D eigenvalue weighted by molar-refractivity contribution is 0.157. The summed E-state index contributed by atoms with van der Waals surface area (Å²) >= 11 is 0. The Labute approximate surface area is 169 Å². The highest BCUT2D eigenvalue weighted by atomic mass is 127. The first kappa shape index (κ1) is 22.2. The molecule has 5 nitrogen and oxygen atoms in total. The molecule has 1 aromatic carbocycles. The first-order chi connectivity index (χ1) is 11.7. The van der Waals surface area contributed by atoms with E-state index in [0.717, 1.165) is 38.7 Å². The molecule has 142 valence electrons. The van der Waals surface area contributed by atoms with Crippen LogP contribution in [0.5, 0.6) is 0 Å². The molecule has 0 spiro atoms. The van der Waals surface area contributed by atoms with Crippen LogP contribution in [-0.4, -0.2) is 69.8 Å². The molecule has 1 aliphatic rings. The van der Waals surface area contributed by atoms with Crippen molar-refractivity contribution in [3.8, 4) is 0 Å². The maximum atomic E-state index is 5.31. The molecular formula is C19H33IN4O. The number of methoxy groups -OCH3 is 1. The van der Waals surface area contributed by atoms with Crippen LogP contribution in [0.1, 0.15) is 24.9 Å². The summed E-state index contributed by atoms with van der Waals surface area (Å²) in [7, 11) is 6.01. The Morgan fingerprint density at radius 1 is 1.36 bits per heavy atom. The van der Waals surface area contributed by atoms with Crippen molar-refractivity contribution >= 4 is 29.9 Å². The second kappa shape index (κ2) is 11.7. The van der Waals surface area contributed by atoms with Gasteiger partial charge in [-0.2, -0.15) is 0 Å². The first-order valence-electron chi connectivity index (χ1n) is 8.89. The number of benzene rings is 1. The lowest BCUT2D eigenvalue weighted by Gasteiger charge is -2.26. The molecule has 0 radical (unpaired) electrons. The molecule has 0 saturated carbocycles. The van der Waals surface area contributed by atoms with Gasteiger partial charge >= 0.3 is 0 Å². The Kier molecular flexibility index (Phi) is 10.4. The van der Waals surface area contributed by atoms with E-state index in [1.54, 1.807) is 7.11 Å². The van der Waals surface area contributed by atoms with E-state index in [-0.39, 0.29) is 30.0 Å². The normalized spacial score (nSPS) is 19.0. The van der Waals surface area contributed by atoms with Crippen molar-refractivity contribution in [2.24, 2.45) is 10.9 Å². The highest BCUT2D eigenvalue weighted by Crippen LogP contribution is 2.20. The van der Waals surface area contributed by atoms with Crippen molar-refractivity contribution in [2.75, 3.05) is 54.0 Å². The van der Waals surface area contributed by atoms with E-state index < -0.39 is 0 Å². The molecule has 0 aliphatic carbocycles. The highest BCUT2D eigenvalue weighted by Gasteiger charge is 2.25. The van der Waals surface area contributed by atoms with E-state index in [1.807, 2.05) is 0 Å². The van der Waals surface area contributed by atoms with Crippen molar-refractivity contribution in [2.45, 2.75) is 19.4 Å². The SMILES string of the molecule is CCNC(=NCC(c1ccccc1)N(C)C)N1CCC(COC)C1.I. The fourth-order valence-corrected chi connectivity index (χ4v) is 3.24. The van der Waals surface area contributed by atoms with Gasteiger partial charge in [-0.05, 0) is 33.0 Å². The van der Waals surface area contributed by atoms with Crippen LogP contribution >= 0.6 is 24.0 Å². The molecule has 2 unspecified atom stereocenters. The average molecular weight is 460 g/mol. The highest BCUT2D eigenvalue weighted by molar-refractivity contribution is 14.0. The quantitative estimate of drug-likeness (QED) is 0.386. The van der Waals surface area contributed by atoms with E-state index in [2.05, 4.69) is 66.5 Å². The molecule has 6 heteroatoms. The van der Waals surface area contributed by atoms with Crippen LogP contribution in [0.2, 0.25) is 0 Å². The van der Waals surface area contributed by atoms with Gasteiger partial charge in [0.2, 0.25) is 0 Å². The fraction of sp³-hybridized carbons (Fsp3) is 0.632. The van der Waals surface area contributed by atoms with Crippen molar-refractivity contribution in [1.29, 1.82) is 0 Å². The zero-order valence-electron chi connectivity index (χ0n) is 15.9. The molecule has 1 aliphatic heterocycles. The molecule has 0 bridgehead atoms. The number of likely N-dealkylation sites (N-methyl/N-ethyl adjacent to an activating group) is 1. The number of nitrogens with one attached hydrogen (secondary N) is 1. The average Bonchev–Trinajstić information content (AvgIpc) is 3.03. The number of hydrogen-bond acceptors (Lipinski definition) is 3. The minimum Gasteiger partial charge on any atom is -0.384 e. The van der Waals surface area contributed by atoms with Gasteiger partial charge in [-0.1, -0.05) is 30.3 Å². The molecule has 0 aromatic heterocycles. The summed E-state index contributed by atoms with van der Waals surface area (Å²) < 4.78 is 5.31. The van der Waals surface area contributed by atoms with Gasteiger partial charge in [-0.15, -0.1) is 24.0 Å². The van der Waals surface area contributed by atoms with Crippen molar-refractivity contribution in [1.82, 2.24) is 15.1 Å². The maximum Gasteiger partial charge on any atom is 0.193 e. The van der Waals surface area contributed by atoms with Crippen LogP contribution in [-0.2, 0) is 4.74 Å². The predicted molar refractivity (Wildman–Crippen MR) is 116 cm³/mol. The first-order valence-corrected chi connectivity index (χ1v) is 8.89. The lowest BCUT2D eigenvalue weighted by Crippen LogP contribution is -2.41. The Morgan fingerprint density at radius 2 is 2.08 bits per heavy atom. The van der Waals surface area contributed by atoms with Gasteiger partial charge in [0, 0.05) is 32.7 Å².